The summed E-state index contributed by atoms with van der Waals surface area (Å²) in [6, 6.07) is 9.08. The Kier molecular flexibility index (Phi) is 4.66. The first kappa shape index (κ1) is 13.9. The van der Waals surface area contributed by atoms with Crippen LogP contribution in [0.1, 0.15) is 25.8 Å². The number of nitrogens with zero attached hydrogens (tertiary/aromatic N) is 1. The van der Waals surface area contributed by atoms with Gasteiger partial charge in [-0.1, -0.05) is 23.7 Å². The molecule has 0 aliphatic carbocycles. The van der Waals surface area contributed by atoms with Crippen LogP contribution in [0.25, 0.3) is 0 Å². The highest BCUT2D eigenvalue weighted by atomic mass is 35.5. The number of hydrogen-bond acceptors (Lipinski definition) is 2. The van der Waals surface area contributed by atoms with Crippen molar-refractivity contribution in [2.45, 2.75) is 38.8 Å². The third-order valence-electron chi connectivity index (χ3n) is 4.07. The highest BCUT2D eigenvalue weighted by Crippen LogP contribution is 2.22. The van der Waals surface area contributed by atoms with Crippen LogP contribution in [0.5, 0.6) is 0 Å². The van der Waals surface area contributed by atoms with Crippen molar-refractivity contribution in [3.63, 3.8) is 0 Å². The van der Waals surface area contributed by atoms with Gasteiger partial charge in [-0.2, -0.15) is 0 Å². The molecule has 2 rings (SSSR count). The summed E-state index contributed by atoms with van der Waals surface area (Å²) in [6.45, 7) is 6.75. The largest absolute Gasteiger partial charge is 0.328 e. The Hall–Kier alpha value is -0.570. The molecule has 3 atom stereocenters. The Morgan fingerprint density at radius 2 is 2.00 bits per heavy atom. The van der Waals surface area contributed by atoms with Gasteiger partial charge in [0.25, 0.3) is 0 Å². The first-order valence-electron chi connectivity index (χ1n) is 6.80. The zero-order valence-corrected chi connectivity index (χ0v) is 12.0. The fourth-order valence-corrected chi connectivity index (χ4v) is 2.86. The molecule has 0 radical (unpaired) electrons. The number of nitrogens with two attached hydrogens (primary N) is 1. The van der Waals surface area contributed by atoms with E-state index in [0.717, 1.165) is 18.0 Å². The van der Waals surface area contributed by atoms with E-state index in [0.29, 0.717) is 18.0 Å². The molecule has 0 spiro atoms. The van der Waals surface area contributed by atoms with Crippen LogP contribution in [0.3, 0.4) is 0 Å². The van der Waals surface area contributed by atoms with Gasteiger partial charge in [0.15, 0.2) is 0 Å². The van der Waals surface area contributed by atoms with E-state index in [4.69, 9.17) is 17.3 Å². The molecule has 0 aromatic heterocycles. The molecule has 100 valence electrons. The highest BCUT2D eigenvalue weighted by Gasteiger charge is 2.27. The van der Waals surface area contributed by atoms with Crippen molar-refractivity contribution in [3.05, 3.63) is 34.9 Å². The molecule has 3 heteroatoms. The van der Waals surface area contributed by atoms with Crippen LogP contribution in [0.2, 0.25) is 5.02 Å². The quantitative estimate of drug-likeness (QED) is 0.908. The van der Waals surface area contributed by atoms with Crippen molar-refractivity contribution in [2.75, 3.05) is 13.1 Å². The van der Waals surface area contributed by atoms with Crippen LogP contribution in [-0.4, -0.2) is 30.1 Å². The third kappa shape index (κ3) is 3.47. The Morgan fingerprint density at radius 3 is 2.56 bits per heavy atom. The molecule has 0 amide bonds. The van der Waals surface area contributed by atoms with Gasteiger partial charge in [0, 0.05) is 23.7 Å². The molecule has 0 saturated carbocycles. The summed E-state index contributed by atoms with van der Waals surface area (Å²) in [5.74, 6) is 0.665. The van der Waals surface area contributed by atoms with Crippen LogP contribution in [0.15, 0.2) is 24.3 Å². The van der Waals surface area contributed by atoms with Gasteiger partial charge >= 0.3 is 0 Å². The molecule has 1 saturated heterocycles. The lowest BCUT2D eigenvalue weighted by Crippen LogP contribution is -2.35. The zero-order chi connectivity index (χ0) is 13.1. The molecule has 1 fully saturated rings. The summed E-state index contributed by atoms with van der Waals surface area (Å²) in [4.78, 5) is 2.56. The van der Waals surface area contributed by atoms with E-state index >= 15 is 0 Å². The van der Waals surface area contributed by atoms with E-state index in [1.165, 1.54) is 18.5 Å². The van der Waals surface area contributed by atoms with E-state index in [2.05, 4.69) is 30.9 Å². The SMILES string of the molecule is CC(N)C1CCN(C(C)Cc2ccc(Cl)cc2)C1. The average Bonchev–Trinajstić information content (AvgIpc) is 2.81. The molecule has 2 N–H and O–H groups in total. The molecular weight excluding hydrogens is 244 g/mol. The summed E-state index contributed by atoms with van der Waals surface area (Å²) in [7, 11) is 0. The van der Waals surface area contributed by atoms with Crippen molar-refractivity contribution in [2.24, 2.45) is 11.7 Å². The van der Waals surface area contributed by atoms with Crippen LogP contribution >= 0.6 is 11.6 Å². The lowest BCUT2D eigenvalue weighted by atomic mass is 10.0. The smallest absolute Gasteiger partial charge is 0.0406 e. The standard InChI is InChI=1S/C15H23ClN2/c1-11(9-13-3-5-15(16)6-4-13)18-8-7-14(10-18)12(2)17/h3-6,11-12,14H,7-10,17H2,1-2H3. The normalized spacial score (nSPS) is 24.1. The molecule has 1 aliphatic heterocycles. The van der Waals surface area contributed by atoms with Gasteiger partial charge in [-0.15, -0.1) is 0 Å². The lowest BCUT2D eigenvalue weighted by molar-refractivity contribution is 0.243. The number of likely N-dealkylation sites (tertiary alicyclic amines) is 1. The van der Waals surface area contributed by atoms with Crippen LogP contribution in [-0.2, 0) is 6.42 Å². The lowest BCUT2D eigenvalue weighted by Gasteiger charge is -2.25. The minimum atomic E-state index is 0.317. The van der Waals surface area contributed by atoms with Gasteiger partial charge in [-0.3, -0.25) is 4.90 Å². The molecule has 3 unspecified atom stereocenters. The van der Waals surface area contributed by atoms with Crippen LogP contribution < -0.4 is 5.73 Å². The summed E-state index contributed by atoms with van der Waals surface area (Å²) in [5, 5.41) is 0.810. The summed E-state index contributed by atoms with van der Waals surface area (Å²) in [5.41, 5.74) is 7.35. The maximum absolute atomic E-state index is 5.99. The second kappa shape index (κ2) is 6.05. The molecule has 1 aliphatic rings. The molecular formula is C15H23ClN2. The minimum Gasteiger partial charge on any atom is -0.328 e. The Labute approximate surface area is 115 Å². The van der Waals surface area contributed by atoms with Gasteiger partial charge < -0.3 is 5.73 Å². The topological polar surface area (TPSA) is 29.3 Å². The molecule has 1 aromatic rings. The second-order valence-corrected chi connectivity index (χ2v) is 6.02. The zero-order valence-electron chi connectivity index (χ0n) is 11.3. The van der Waals surface area contributed by atoms with E-state index < -0.39 is 0 Å². The van der Waals surface area contributed by atoms with Gasteiger partial charge in [0.1, 0.15) is 0 Å². The van der Waals surface area contributed by atoms with Crippen molar-refractivity contribution < 1.29 is 0 Å². The second-order valence-electron chi connectivity index (χ2n) is 5.58. The van der Waals surface area contributed by atoms with Crippen LogP contribution in [0.4, 0.5) is 0 Å². The first-order chi connectivity index (χ1) is 8.56. The minimum absolute atomic E-state index is 0.317. The maximum atomic E-state index is 5.99. The average molecular weight is 267 g/mol. The Morgan fingerprint density at radius 1 is 1.33 bits per heavy atom. The Balaban J connectivity index is 1.89. The van der Waals surface area contributed by atoms with Crippen molar-refractivity contribution in [3.8, 4) is 0 Å². The van der Waals surface area contributed by atoms with Crippen molar-refractivity contribution >= 4 is 11.6 Å². The van der Waals surface area contributed by atoms with Crippen molar-refractivity contribution in [1.29, 1.82) is 0 Å². The number of benzene rings is 1. The van der Waals surface area contributed by atoms with Gasteiger partial charge in [-0.05, 0) is 56.8 Å². The fourth-order valence-electron chi connectivity index (χ4n) is 2.74. The van der Waals surface area contributed by atoms with Gasteiger partial charge in [0.2, 0.25) is 0 Å². The maximum Gasteiger partial charge on any atom is 0.0406 e. The molecule has 0 bridgehead atoms. The van der Waals surface area contributed by atoms with Crippen LogP contribution in [0, 0.1) is 5.92 Å². The molecule has 2 nitrogen and oxygen atoms in total. The van der Waals surface area contributed by atoms with E-state index in [1.807, 2.05) is 12.1 Å². The molecule has 1 aromatic carbocycles. The molecule has 18 heavy (non-hydrogen) atoms. The highest BCUT2D eigenvalue weighted by molar-refractivity contribution is 6.30. The summed E-state index contributed by atoms with van der Waals surface area (Å²) < 4.78 is 0. The van der Waals surface area contributed by atoms with Gasteiger partial charge in [0.05, 0.1) is 0 Å². The van der Waals surface area contributed by atoms with E-state index in [-0.39, 0.29) is 0 Å². The molecule has 1 heterocycles. The van der Waals surface area contributed by atoms with E-state index in [9.17, 15) is 0 Å². The number of hydrogen-bond donors (Lipinski definition) is 1. The third-order valence-corrected chi connectivity index (χ3v) is 4.32. The van der Waals surface area contributed by atoms with E-state index in [1.54, 1.807) is 0 Å². The Bertz CT molecular complexity index is 375. The monoisotopic (exact) mass is 266 g/mol. The fraction of sp³-hybridized carbons (Fsp3) is 0.600. The number of rotatable bonds is 4. The van der Waals surface area contributed by atoms with Crippen molar-refractivity contribution in [1.82, 2.24) is 4.90 Å². The summed E-state index contributed by atoms with van der Waals surface area (Å²) in [6.07, 6.45) is 2.32. The van der Waals surface area contributed by atoms with Gasteiger partial charge in [-0.25, -0.2) is 0 Å². The predicted molar refractivity (Wildman–Crippen MR) is 77.9 cm³/mol. The number of halogens is 1. The first-order valence-corrected chi connectivity index (χ1v) is 7.18. The predicted octanol–water partition coefficient (Wildman–Crippen LogP) is 2.94. The summed E-state index contributed by atoms with van der Waals surface area (Å²) >= 11 is 5.90.